The van der Waals surface area contributed by atoms with Crippen molar-refractivity contribution in [3.8, 4) is 0 Å². The second kappa shape index (κ2) is 64.6. The summed E-state index contributed by atoms with van der Waals surface area (Å²) in [6.07, 6.45) is 82.1. The van der Waals surface area contributed by atoms with Crippen LogP contribution in [0.25, 0.3) is 0 Å². The molecule has 2 atom stereocenters. The van der Waals surface area contributed by atoms with Gasteiger partial charge in [-0.15, -0.1) is 0 Å². The summed E-state index contributed by atoms with van der Waals surface area (Å²) in [7, 11) is 0. The minimum atomic E-state index is -0.850. The standard InChI is InChI=1S/C69H131NO5/c1-3-5-7-9-11-13-15-16-17-18-19-20-26-29-32-35-38-42-45-49-53-57-61-67(72)66(65-71)70-68(73)62-58-54-50-46-43-39-36-33-30-27-24-22-21-23-25-28-31-34-37-40-44-48-52-56-60-64-75-69(74)63-59-55-51-47-41-14-12-10-8-6-4-2/h22-25,57,61,66-67,71-72H,3-21,26-56,58-60,62-65H2,1-2H3,(H,70,73)/b24-22-,25-23-,61-57+. The fourth-order valence-corrected chi connectivity index (χ4v) is 10.5. The molecule has 0 fully saturated rings. The second-order valence-corrected chi connectivity index (χ2v) is 23.2. The molecular formula is C69H131NO5. The first-order valence-corrected chi connectivity index (χ1v) is 33.8. The van der Waals surface area contributed by atoms with Gasteiger partial charge in [-0.05, 0) is 64.2 Å². The maximum atomic E-state index is 12.5. The Morgan fingerprint density at radius 1 is 0.373 bits per heavy atom. The predicted octanol–water partition coefficient (Wildman–Crippen LogP) is 21.5. The Balaban J connectivity index is 3.47. The molecule has 6 heteroatoms. The Labute approximate surface area is 468 Å². The molecule has 442 valence electrons. The molecule has 0 aliphatic rings. The number of rotatable bonds is 63. The zero-order valence-corrected chi connectivity index (χ0v) is 50.5. The summed E-state index contributed by atoms with van der Waals surface area (Å²) in [6, 6.07) is -0.634. The van der Waals surface area contributed by atoms with E-state index in [-0.39, 0.29) is 18.5 Å². The summed E-state index contributed by atoms with van der Waals surface area (Å²) in [4.78, 5) is 24.5. The summed E-state index contributed by atoms with van der Waals surface area (Å²) in [5.41, 5.74) is 0. The third-order valence-electron chi connectivity index (χ3n) is 15.7. The number of aliphatic hydroxyl groups excluding tert-OH is 2. The SMILES string of the molecule is CCCCCCCCCCCCCCCCCCCCCC/C=C/C(O)C(CO)NC(=O)CCCCCCCCCCC/C=C\C/C=C\CCCCCCCCCCCOC(=O)CCCCCCCCCCCCC. The van der Waals surface area contributed by atoms with Gasteiger partial charge in [-0.2, -0.15) is 0 Å². The fraction of sp³-hybridized carbons (Fsp3) is 0.884. The van der Waals surface area contributed by atoms with E-state index in [0.717, 1.165) is 44.9 Å². The van der Waals surface area contributed by atoms with Crippen molar-refractivity contribution in [1.82, 2.24) is 5.32 Å². The molecule has 75 heavy (non-hydrogen) atoms. The van der Waals surface area contributed by atoms with Gasteiger partial charge in [0.1, 0.15) is 0 Å². The molecule has 0 aromatic heterocycles. The average Bonchev–Trinajstić information content (AvgIpc) is 3.41. The number of nitrogens with one attached hydrogen (secondary N) is 1. The first-order chi connectivity index (χ1) is 37.0. The van der Waals surface area contributed by atoms with Gasteiger partial charge in [0.25, 0.3) is 0 Å². The molecular weight excluding hydrogens is 923 g/mol. The number of ether oxygens (including phenoxy) is 1. The summed E-state index contributed by atoms with van der Waals surface area (Å²) in [5.74, 6) is -0.0623. The highest BCUT2D eigenvalue weighted by Crippen LogP contribution is 2.18. The molecule has 1 amide bonds. The van der Waals surface area contributed by atoms with E-state index < -0.39 is 12.1 Å². The molecule has 0 aromatic rings. The van der Waals surface area contributed by atoms with Crippen molar-refractivity contribution in [3.05, 3.63) is 36.5 Å². The first-order valence-electron chi connectivity index (χ1n) is 33.8. The average molecular weight is 1050 g/mol. The second-order valence-electron chi connectivity index (χ2n) is 23.2. The van der Waals surface area contributed by atoms with Gasteiger partial charge in [-0.1, -0.05) is 326 Å². The van der Waals surface area contributed by atoms with Gasteiger partial charge >= 0.3 is 5.97 Å². The number of amides is 1. The van der Waals surface area contributed by atoms with Crippen LogP contribution in [-0.2, 0) is 14.3 Å². The van der Waals surface area contributed by atoms with Gasteiger partial charge in [-0.25, -0.2) is 0 Å². The zero-order valence-electron chi connectivity index (χ0n) is 50.5. The lowest BCUT2D eigenvalue weighted by Gasteiger charge is -2.20. The fourth-order valence-electron chi connectivity index (χ4n) is 10.5. The molecule has 0 saturated carbocycles. The number of carbonyl (C=O) groups excluding carboxylic acids is 2. The van der Waals surface area contributed by atoms with Gasteiger partial charge in [0, 0.05) is 12.8 Å². The highest BCUT2D eigenvalue weighted by atomic mass is 16.5. The smallest absolute Gasteiger partial charge is 0.305 e. The predicted molar refractivity (Wildman–Crippen MR) is 329 cm³/mol. The van der Waals surface area contributed by atoms with Crippen molar-refractivity contribution in [2.24, 2.45) is 0 Å². The number of aliphatic hydroxyl groups is 2. The summed E-state index contributed by atoms with van der Waals surface area (Å²) in [6.45, 7) is 4.92. The monoisotopic (exact) mass is 1050 g/mol. The lowest BCUT2D eigenvalue weighted by atomic mass is 10.0. The Morgan fingerprint density at radius 2 is 0.667 bits per heavy atom. The zero-order chi connectivity index (χ0) is 54.3. The molecule has 0 aliphatic heterocycles. The molecule has 0 heterocycles. The highest BCUT2D eigenvalue weighted by Gasteiger charge is 2.18. The van der Waals surface area contributed by atoms with Crippen LogP contribution in [-0.4, -0.2) is 47.4 Å². The van der Waals surface area contributed by atoms with Crippen LogP contribution in [0.1, 0.15) is 367 Å². The first kappa shape index (κ1) is 73.1. The Morgan fingerprint density at radius 3 is 1.01 bits per heavy atom. The van der Waals surface area contributed by atoms with E-state index in [1.54, 1.807) is 6.08 Å². The van der Waals surface area contributed by atoms with Crippen molar-refractivity contribution in [3.63, 3.8) is 0 Å². The summed E-state index contributed by atoms with van der Waals surface area (Å²) >= 11 is 0. The molecule has 6 nitrogen and oxygen atoms in total. The molecule has 0 spiro atoms. The molecule has 2 unspecified atom stereocenters. The normalized spacial score (nSPS) is 12.7. The molecule has 0 bridgehead atoms. The lowest BCUT2D eigenvalue weighted by molar-refractivity contribution is -0.143. The molecule has 0 saturated heterocycles. The summed E-state index contributed by atoms with van der Waals surface area (Å²) < 4.78 is 5.46. The van der Waals surface area contributed by atoms with Gasteiger partial charge in [-0.3, -0.25) is 9.59 Å². The van der Waals surface area contributed by atoms with Crippen LogP contribution in [0.5, 0.6) is 0 Å². The van der Waals surface area contributed by atoms with E-state index in [0.29, 0.717) is 19.4 Å². The van der Waals surface area contributed by atoms with Gasteiger partial charge < -0.3 is 20.3 Å². The number of hydrogen-bond donors (Lipinski definition) is 3. The van der Waals surface area contributed by atoms with Gasteiger partial charge in [0.15, 0.2) is 0 Å². The maximum Gasteiger partial charge on any atom is 0.305 e. The van der Waals surface area contributed by atoms with Crippen LogP contribution in [0.3, 0.4) is 0 Å². The lowest BCUT2D eigenvalue weighted by Crippen LogP contribution is -2.45. The minimum Gasteiger partial charge on any atom is -0.466 e. The van der Waals surface area contributed by atoms with Crippen LogP contribution in [0.15, 0.2) is 36.5 Å². The van der Waals surface area contributed by atoms with E-state index in [9.17, 15) is 19.8 Å². The van der Waals surface area contributed by atoms with Crippen LogP contribution in [0.2, 0.25) is 0 Å². The van der Waals surface area contributed by atoms with Crippen molar-refractivity contribution in [2.45, 2.75) is 379 Å². The molecule has 3 N–H and O–H groups in total. The van der Waals surface area contributed by atoms with Crippen molar-refractivity contribution in [1.29, 1.82) is 0 Å². The topological polar surface area (TPSA) is 95.9 Å². The van der Waals surface area contributed by atoms with Crippen LogP contribution in [0, 0.1) is 0 Å². The molecule has 0 aliphatic carbocycles. The molecule has 0 radical (unpaired) electrons. The highest BCUT2D eigenvalue weighted by molar-refractivity contribution is 5.76. The Hall–Kier alpha value is -1.92. The third-order valence-corrected chi connectivity index (χ3v) is 15.7. The van der Waals surface area contributed by atoms with Crippen LogP contribution < -0.4 is 5.32 Å². The quantitative estimate of drug-likeness (QED) is 0.0320. The van der Waals surface area contributed by atoms with Crippen molar-refractivity contribution < 1.29 is 24.5 Å². The van der Waals surface area contributed by atoms with Crippen LogP contribution in [0.4, 0.5) is 0 Å². The van der Waals surface area contributed by atoms with E-state index in [1.165, 1.54) is 295 Å². The molecule has 0 aromatic carbocycles. The largest absolute Gasteiger partial charge is 0.466 e. The van der Waals surface area contributed by atoms with Crippen LogP contribution >= 0.6 is 0 Å². The van der Waals surface area contributed by atoms with Crippen molar-refractivity contribution in [2.75, 3.05) is 13.2 Å². The van der Waals surface area contributed by atoms with E-state index in [2.05, 4.69) is 43.5 Å². The van der Waals surface area contributed by atoms with Crippen molar-refractivity contribution >= 4 is 11.9 Å². The Bertz CT molecular complexity index is 1210. The van der Waals surface area contributed by atoms with E-state index in [1.807, 2.05) is 6.08 Å². The minimum absolute atomic E-state index is 0.00853. The Kier molecular flexibility index (Phi) is 63.0. The van der Waals surface area contributed by atoms with Gasteiger partial charge in [0.05, 0.1) is 25.4 Å². The number of carbonyl (C=O) groups is 2. The van der Waals surface area contributed by atoms with E-state index in [4.69, 9.17) is 4.74 Å². The number of hydrogen-bond acceptors (Lipinski definition) is 5. The number of unbranched alkanes of at least 4 members (excludes halogenated alkanes) is 48. The number of esters is 1. The summed E-state index contributed by atoms with van der Waals surface area (Å²) in [5, 5.41) is 23.2. The molecule has 0 rings (SSSR count). The maximum absolute atomic E-state index is 12.5. The van der Waals surface area contributed by atoms with Gasteiger partial charge in [0.2, 0.25) is 5.91 Å². The third kappa shape index (κ3) is 61.2. The van der Waals surface area contributed by atoms with E-state index >= 15 is 0 Å². The number of allylic oxidation sites excluding steroid dienone is 5.